The van der Waals surface area contributed by atoms with Crippen LogP contribution in [0, 0.1) is 11.8 Å². The predicted molar refractivity (Wildman–Crippen MR) is 312 cm³/mol. The Balaban J connectivity index is 0.790. The second kappa shape index (κ2) is 30.7. The summed E-state index contributed by atoms with van der Waals surface area (Å²) in [5.74, 6) is -2.96. The summed E-state index contributed by atoms with van der Waals surface area (Å²) in [6, 6.07) is 6.24. The van der Waals surface area contributed by atoms with E-state index in [9.17, 15) is 52.7 Å². The lowest BCUT2D eigenvalue weighted by atomic mass is 10.0. The van der Waals surface area contributed by atoms with Crippen molar-refractivity contribution in [1.29, 1.82) is 0 Å². The first-order valence-electron chi connectivity index (χ1n) is 27.5. The molecule has 9 atom stereocenters. The summed E-state index contributed by atoms with van der Waals surface area (Å²) in [7, 11) is 1.51. The topological polar surface area (TPSA) is 376 Å². The molecule has 7 N–H and O–H groups in total. The lowest BCUT2D eigenvalue weighted by molar-refractivity contribution is -0.137. The molecule has 0 spiro atoms. The molecule has 3 unspecified atom stereocenters. The Morgan fingerprint density at radius 3 is 2.36 bits per heavy atom. The summed E-state index contributed by atoms with van der Waals surface area (Å²) in [6.07, 6.45) is 7.68. The fourth-order valence-corrected chi connectivity index (χ4v) is 11.6. The van der Waals surface area contributed by atoms with Crippen LogP contribution in [-0.4, -0.2) is 154 Å². The third-order valence-electron chi connectivity index (χ3n) is 14.0. The van der Waals surface area contributed by atoms with Crippen LogP contribution in [0.3, 0.4) is 0 Å². The normalized spacial score (nSPS) is 20.6. The maximum Gasteiger partial charge on any atom is 0.409 e. The number of rotatable bonds is 31. The molecule has 462 valence electrons. The number of hydrogen-bond acceptors (Lipinski definition) is 20. The van der Waals surface area contributed by atoms with Gasteiger partial charge in [0.05, 0.1) is 31.7 Å². The Kier molecular flexibility index (Phi) is 23.8. The summed E-state index contributed by atoms with van der Waals surface area (Å²) < 4.78 is 47.5. The summed E-state index contributed by atoms with van der Waals surface area (Å²) in [5.41, 5.74) is 0.554. The largest absolute Gasteiger partial charge is 0.474 e. The SMILES string of the molecule is CC(C)[C@H](NC(=O)CCCCCN1C(=O)C=CC1=O)C(=O)N[C@@H](C)C(=O)Nc1ccc(COC(=O)N(C)CCCC(=O)Nc2nc3c(ncn3[C@H]3CC[C@@H](COP(O)(=S)OC4C[C@H](Oc5ccncn5)C[C@@H]4CCOP(=O)(O)S)O3)c(=O)[nH]2)cc1. The van der Waals surface area contributed by atoms with Crippen LogP contribution < -0.4 is 31.6 Å². The number of unbranched alkanes of at least 4 members (excludes halogenated alkanes) is 2. The van der Waals surface area contributed by atoms with Crippen LogP contribution in [0.1, 0.15) is 103 Å². The Labute approximate surface area is 499 Å². The van der Waals surface area contributed by atoms with Crippen LogP contribution >= 0.6 is 25.8 Å². The van der Waals surface area contributed by atoms with E-state index in [0.29, 0.717) is 62.1 Å². The number of imide groups is 1. The monoisotopic (exact) mass is 1260 g/mol. The maximum absolute atomic E-state index is 13.2. The molecule has 33 heteroatoms. The number of aromatic nitrogens is 6. The third kappa shape index (κ3) is 20.3. The van der Waals surface area contributed by atoms with Crippen molar-refractivity contribution < 1.29 is 75.7 Å². The lowest BCUT2D eigenvalue weighted by Gasteiger charge is -2.25. The Morgan fingerprint density at radius 1 is 0.918 bits per heavy atom. The van der Waals surface area contributed by atoms with Crippen molar-refractivity contribution in [2.75, 3.05) is 44.0 Å². The van der Waals surface area contributed by atoms with E-state index in [-0.39, 0.29) is 111 Å². The molecule has 7 rings (SSSR count). The summed E-state index contributed by atoms with van der Waals surface area (Å²) >= 11 is 8.97. The van der Waals surface area contributed by atoms with Crippen LogP contribution in [0.4, 0.5) is 16.4 Å². The smallest absolute Gasteiger partial charge is 0.409 e. The number of imidazole rings is 1. The zero-order chi connectivity index (χ0) is 61.4. The van der Waals surface area contributed by atoms with E-state index in [0.717, 1.165) is 4.90 Å². The Bertz CT molecular complexity index is 3190. The number of ether oxygens (including phenoxy) is 3. The number of thiol groups is 1. The fraction of sp³-hybridized carbons (Fsp3) is 0.538. The molecule has 85 heavy (non-hydrogen) atoms. The van der Waals surface area contributed by atoms with E-state index in [4.69, 9.17) is 39.6 Å². The van der Waals surface area contributed by atoms with Crippen molar-refractivity contribution in [2.24, 2.45) is 11.8 Å². The minimum atomic E-state index is -4.03. The highest BCUT2D eigenvalue weighted by Crippen LogP contribution is 2.51. The van der Waals surface area contributed by atoms with Crippen molar-refractivity contribution >= 4 is 102 Å². The summed E-state index contributed by atoms with van der Waals surface area (Å²) in [5, 5.41) is 10.7. The van der Waals surface area contributed by atoms with Gasteiger partial charge < -0.3 is 58.4 Å². The number of nitrogens with one attached hydrogen (secondary N) is 5. The highest BCUT2D eigenvalue weighted by Gasteiger charge is 2.41. The van der Waals surface area contributed by atoms with Crippen molar-refractivity contribution in [1.82, 2.24) is 49.9 Å². The van der Waals surface area contributed by atoms with Crippen molar-refractivity contribution in [2.45, 2.75) is 135 Å². The molecule has 7 amide bonds. The number of nitrogens with zero attached hydrogens (tertiary/aromatic N) is 7. The zero-order valence-electron chi connectivity index (χ0n) is 47.1. The van der Waals surface area contributed by atoms with Gasteiger partial charge in [-0.2, -0.15) is 4.98 Å². The van der Waals surface area contributed by atoms with Gasteiger partial charge in [-0.05, 0) is 93.2 Å². The van der Waals surface area contributed by atoms with Gasteiger partial charge in [0.2, 0.25) is 35.5 Å². The second-order valence-electron chi connectivity index (χ2n) is 20.9. The zero-order valence-corrected chi connectivity index (χ0v) is 50.6. The van der Waals surface area contributed by atoms with E-state index in [1.54, 1.807) is 48.7 Å². The highest BCUT2D eigenvalue weighted by molar-refractivity contribution is 8.44. The molecule has 1 aliphatic carbocycles. The molecule has 2 aliphatic heterocycles. The number of hydrogen-bond donors (Lipinski definition) is 8. The van der Waals surface area contributed by atoms with E-state index < -0.39 is 73.4 Å². The number of fused-ring (bicyclic) bond motifs is 1. The summed E-state index contributed by atoms with van der Waals surface area (Å²) in [6.45, 7) is -2.79. The molecular formula is C52H70N12O17P2S2. The van der Waals surface area contributed by atoms with E-state index in [2.05, 4.69) is 58.4 Å². The minimum absolute atomic E-state index is 0.00159. The summed E-state index contributed by atoms with van der Waals surface area (Å²) in [4.78, 5) is 144. The van der Waals surface area contributed by atoms with Crippen molar-refractivity contribution in [3.63, 3.8) is 0 Å². The van der Waals surface area contributed by atoms with Gasteiger partial charge in [-0.25, -0.2) is 24.3 Å². The van der Waals surface area contributed by atoms with Gasteiger partial charge in [-0.3, -0.25) is 53.3 Å². The van der Waals surface area contributed by atoms with Crippen LogP contribution in [0.2, 0.25) is 0 Å². The first-order chi connectivity index (χ1) is 40.4. The van der Waals surface area contributed by atoms with Crippen molar-refractivity contribution in [3.8, 4) is 5.88 Å². The molecule has 29 nitrogen and oxygen atoms in total. The van der Waals surface area contributed by atoms with Crippen LogP contribution in [0.25, 0.3) is 11.2 Å². The average molecular weight is 1260 g/mol. The van der Waals surface area contributed by atoms with E-state index >= 15 is 0 Å². The molecule has 1 aromatic carbocycles. The van der Waals surface area contributed by atoms with E-state index in [1.807, 2.05) is 0 Å². The van der Waals surface area contributed by atoms with Crippen LogP contribution in [0.5, 0.6) is 5.88 Å². The second-order valence-corrected chi connectivity index (χ2v) is 26.4. The molecule has 4 aromatic rings. The minimum Gasteiger partial charge on any atom is -0.474 e. The first-order valence-corrected chi connectivity index (χ1v) is 32.8. The van der Waals surface area contributed by atoms with Crippen molar-refractivity contribution in [3.05, 3.63) is 77.3 Å². The van der Waals surface area contributed by atoms with Crippen LogP contribution in [0.15, 0.2) is 66.1 Å². The number of anilines is 2. The molecule has 2 fully saturated rings. The molecule has 0 bridgehead atoms. The maximum atomic E-state index is 13.2. The number of H-pyrrole nitrogens is 1. The van der Waals surface area contributed by atoms with Gasteiger partial charge in [0.15, 0.2) is 11.2 Å². The molecule has 1 saturated heterocycles. The van der Waals surface area contributed by atoms with Gasteiger partial charge in [0.25, 0.3) is 17.4 Å². The number of carbonyl (C=O) groups is 7. The highest BCUT2D eigenvalue weighted by atomic mass is 32.7. The number of aromatic amines is 1. The lowest BCUT2D eigenvalue weighted by Crippen LogP contribution is -2.53. The molecule has 1 saturated carbocycles. The number of benzene rings is 1. The fourth-order valence-electron chi connectivity index (χ4n) is 9.48. The molecule has 5 heterocycles. The standard InChI is InChI=1S/C52H70N12O17P2S2/c1-31(2)45(58-39(65)9-6-5-7-23-63-42(67)16-17-43(63)68)49(70)56-32(3)48(69)57-35-13-11-33(12-14-35)27-76-52(72)62(4)22-8-10-40(66)59-51-60-47-46(50(71)61-51)55-30-64(47)44-18-15-36(80-44)28-78-83(75,85)81-38-26-37(79-41-19-21-53-29-54-41)25-34(38)20-24-77-82(73,74)84/h11-14,16-17,19,21,29-32,34,36-38,44-45H,5-10,15,18,20,22-28H2,1-4H3,(H,56,70)(H,57,69)(H,58,65)(H,75,85)(H2,73,74,84)(H2,59,60,61,66,71)/t32-,34-,36-,37+,38?,44+,45-,83?/m0/s1. The Morgan fingerprint density at radius 2 is 1.66 bits per heavy atom. The Hall–Kier alpha value is -6.53. The van der Waals surface area contributed by atoms with Gasteiger partial charge >= 0.3 is 19.6 Å². The van der Waals surface area contributed by atoms with Gasteiger partial charge in [-0.15, -0.1) is 0 Å². The van der Waals surface area contributed by atoms with Gasteiger partial charge in [0, 0.05) is 69.5 Å². The first kappa shape index (κ1) is 66.0. The number of carbonyl (C=O) groups excluding carboxylic acids is 7. The van der Waals surface area contributed by atoms with E-state index in [1.165, 1.54) is 49.9 Å². The molecule has 0 radical (unpaired) electrons. The third-order valence-corrected chi connectivity index (χ3v) is 16.4. The van der Waals surface area contributed by atoms with Crippen LogP contribution in [-0.2, 0) is 74.8 Å². The molecule has 3 aliphatic rings. The average Bonchev–Trinajstić information content (AvgIpc) is 4.01. The predicted octanol–water partition coefficient (Wildman–Crippen LogP) is 4.56. The molecule has 3 aromatic heterocycles. The van der Waals surface area contributed by atoms with Gasteiger partial charge in [0.1, 0.15) is 37.3 Å². The van der Waals surface area contributed by atoms with Gasteiger partial charge in [-0.1, -0.05) is 44.6 Å². The number of amides is 7. The quantitative estimate of drug-likeness (QED) is 0.0148. The molecular weight excluding hydrogens is 1190 g/mol.